The number of nitro benzene ring substituents is 1. The van der Waals surface area contributed by atoms with E-state index in [1.807, 2.05) is 12.1 Å². The summed E-state index contributed by atoms with van der Waals surface area (Å²) in [6.45, 7) is 3.41. The van der Waals surface area contributed by atoms with Gasteiger partial charge in [-0.3, -0.25) is 15.1 Å². The number of benzene rings is 1. The van der Waals surface area contributed by atoms with Gasteiger partial charge in [0.2, 0.25) is 0 Å². The van der Waals surface area contributed by atoms with Crippen LogP contribution in [0.5, 0.6) is 0 Å². The molecule has 0 amide bonds. The van der Waals surface area contributed by atoms with Crippen molar-refractivity contribution in [2.24, 2.45) is 4.99 Å². The van der Waals surface area contributed by atoms with Crippen molar-refractivity contribution >= 4 is 47.0 Å². The molecule has 1 aromatic heterocycles. The molecule has 0 bridgehead atoms. The smallest absolute Gasteiger partial charge is 0.269 e. The standard InChI is InChI=1S/C16H20N4O2S.HI/c1-12(15-7-4-8-23-15)10-18-16(17-2)19-11-13-5-3-6-14(9-13)20(21)22;/h3-9,12H,10-11H2,1-2H3,(H2,17,18,19);1H. The van der Waals surface area contributed by atoms with Crippen molar-refractivity contribution in [2.45, 2.75) is 19.4 Å². The van der Waals surface area contributed by atoms with Crippen LogP contribution >= 0.6 is 35.3 Å². The zero-order valence-corrected chi connectivity index (χ0v) is 16.7. The molecule has 0 saturated heterocycles. The molecule has 24 heavy (non-hydrogen) atoms. The van der Waals surface area contributed by atoms with Gasteiger partial charge in [0.05, 0.1) is 4.92 Å². The molecule has 1 unspecified atom stereocenters. The Morgan fingerprint density at radius 1 is 1.33 bits per heavy atom. The van der Waals surface area contributed by atoms with E-state index >= 15 is 0 Å². The zero-order valence-electron chi connectivity index (χ0n) is 13.6. The fraction of sp³-hybridized carbons (Fsp3) is 0.312. The maximum absolute atomic E-state index is 10.8. The highest BCUT2D eigenvalue weighted by Gasteiger charge is 2.08. The van der Waals surface area contributed by atoms with Crippen LogP contribution < -0.4 is 10.6 Å². The summed E-state index contributed by atoms with van der Waals surface area (Å²) < 4.78 is 0. The number of rotatable bonds is 6. The van der Waals surface area contributed by atoms with Gasteiger partial charge in [0.25, 0.3) is 5.69 Å². The van der Waals surface area contributed by atoms with E-state index in [1.54, 1.807) is 30.5 Å². The lowest BCUT2D eigenvalue weighted by molar-refractivity contribution is -0.384. The van der Waals surface area contributed by atoms with Gasteiger partial charge in [-0.15, -0.1) is 35.3 Å². The Hall–Kier alpha value is -1.68. The number of guanidine groups is 1. The summed E-state index contributed by atoms with van der Waals surface area (Å²) in [5.74, 6) is 1.08. The number of thiophene rings is 1. The molecule has 6 nitrogen and oxygen atoms in total. The Morgan fingerprint density at radius 2 is 2.12 bits per heavy atom. The third kappa shape index (κ3) is 6.08. The van der Waals surface area contributed by atoms with Crippen molar-refractivity contribution in [1.29, 1.82) is 0 Å². The lowest BCUT2D eigenvalue weighted by atomic mass is 10.1. The minimum absolute atomic E-state index is 0. The van der Waals surface area contributed by atoms with Crippen LogP contribution in [0.25, 0.3) is 0 Å². The summed E-state index contributed by atoms with van der Waals surface area (Å²) in [6, 6.07) is 10.8. The molecule has 0 aliphatic rings. The Bertz CT molecular complexity index is 676. The van der Waals surface area contributed by atoms with Crippen LogP contribution in [0.15, 0.2) is 46.8 Å². The minimum atomic E-state index is -0.390. The molecule has 0 radical (unpaired) electrons. The van der Waals surface area contributed by atoms with Gasteiger partial charge in [0, 0.05) is 43.1 Å². The van der Waals surface area contributed by atoms with E-state index in [9.17, 15) is 10.1 Å². The number of nitro groups is 1. The van der Waals surface area contributed by atoms with E-state index in [0.29, 0.717) is 18.4 Å². The van der Waals surface area contributed by atoms with Crippen LogP contribution in [0.3, 0.4) is 0 Å². The van der Waals surface area contributed by atoms with Crippen LogP contribution in [0.1, 0.15) is 23.3 Å². The van der Waals surface area contributed by atoms with Crippen LogP contribution in [0.2, 0.25) is 0 Å². The maximum atomic E-state index is 10.8. The molecule has 2 rings (SSSR count). The molecule has 0 aliphatic heterocycles. The molecule has 130 valence electrons. The minimum Gasteiger partial charge on any atom is -0.356 e. The van der Waals surface area contributed by atoms with Crippen molar-refractivity contribution in [3.05, 3.63) is 62.3 Å². The van der Waals surface area contributed by atoms with Gasteiger partial charge in [-0.05, 0) is 17.0 Å². The third-order valence-corrected chi connectivity index (χ3v) is 4.51. The highest BCUT2D eigenvalue weighted by molar-refractivity contribution is 14.0. The highest BCUT2D eigenvalue weighted by Crippen LogP contribution is 2.19. The molecule has 0 saturated carbocycles. The van der Waals surface area contributed by atoms with E-state index < -0.39 is 0 Å². The number of non-ortho nitro benzene ring substituents is 1. The second kappa shape index (κ2) is 10.2. The number of nitrogens with zero attached hydrogens (tertiary/aromatic N) is 2. The monoisotopic (exact) mass is 460 g/mol. The quantitative estimate of drug-likeness (QED) is 0.226. The van der Waals surface area contributed by atoms with E-state index in [0.717, 1.165) is 12.1 Å². The van der Waals surface area contributed by atoms with Gasteiger partial charge in [0.15, 0.2) is 5.96 Å². The fourth-order valence-corrected chi connectivity index (χ4v) is 2.90. The lowest BCUT2D eigenvalue weighted by Gasteiger charge is -2.15. The Labute approximate surface area is 162 Å². The van der Waals surface area contributed by atoms with Gasteiger partial charge in [-0.1, -0.05) is 25.1 Å². The SMILES string of the molecule is CN=C(NCc1cccc([N+](=O)[O-])c1)NCC(C)c1cccs1.I. The predicted octanol–water partition coefficient (Wildman–Crippen LogP) is 3.74. The lowest BCUT2D eigenvalue weighted by Crippen LogP contribution is -2.38. The first kappa shape index (κ1) is 20.4. The molecule has 0 spiro atoms. The molecule has 2 aromatic rings. The molecule has 8 heteroatoms. The Balaban J connectivity index is 0.00000288. The molecule has 0 fully saturated rings. The number of halogens is 1. The van der Waals surface area contributed by atoms with Gasteiger partial charge >= 0.3 is 0 Å². The molecular formula is C16H21IN4O2S. The van der Waals surface area contributed by atoms with Crippen LogP contribution in [0.4, 0.5) is 5.69 Å². The summed E-state index contributed by atoms with van der Waals surface area (Å²) in [4.78, 5) is 15.9. The van der Waals surface area contributed by atoms with Crippen molar-refractivity contribution in [3.63, 3.8) is 0 Å². The van der Waals surface area contributed by atoms with Gasteiger partial charge in [-0.25, -0.2) is 0 Å². The summed E-state index contributed by atoms with van der Waals surface area (Å²) >= 11 is 1.74. The second-order valence-electron chi connectivity index (χ2n) is 5.15. The summed E-state index contributed by atoms with van der Waals surface area (Å²) in [6.07, 6.45) is 0. The molecular weight excluding hydrogens is 439 g/mol. The first-order valence-corrected chi connectivity index (χ1v) is 8.19. The average molecular weight is 460 g/mol. The second-order valence-corrected chi connectivity index (χ2v) is 6.13. The first-order valence-electron chi connectivity index (χ1n) is 7.31. The molecule has 2 N–H and O–H groups in total. The van der Waals surface area contributed by atoms with Crippen LogP contribution in [0, 0.1) is 10.1 Å². The van der Waals surface area contributed by atoms with Crippen LogP contribution in [-0.4, -0.2) is 24.5 Å². The normalized spacial score (nSPS) is 12.2. The number of aliphatic imine (C=N–C) groups is 1. The summed E-state index contributed by atoms with van der Waals surface area (Å²) in [5.41, 5.74) is 0.937. The molecule has 0 aliphatic carbocycles. The van der Waals surface area contributed by atoms with Crippen LogP contribution in [-0.2, 0) is 6.54 Å². The third-order valence-electron chi connectivity index (χ3n) is 3.41. The number of hydrogen-bond donors (Lipinski definition) is 2. The van der Waals surface area contributed by atoms with Gasteiger partial charge in [-0.2, -0.15) is 0 Å². The fourth-order valence-electron chi connectivity index (χ4n) is 2.11. The Kier molecular flexibility index (Phi) is 8.69. The van der Waals surface area contributed by atoms with Crippen molar-refractivity contribution in [2.75, 3.05) is 13.6 Å². The molecule has 1 atom stereocenters. The van der Waals surface area contributed by atoms with E-state index in [1.165, 1.54) is 10.9 Å². The predicted molar refractivity (Wildman–Crippen MR) is 109 cm³/mol. The zero-order chi connectivity index (χ0) is 16.7. The topological polar surface area (TPSA) is 79.6 Å². The highest BCUT2D eigenvalue weighted by atomic mass is 127. The van der Waals surface area contributed by atoms with E-state index in [4.69, 9.17) is 0 Å². The Morgan fingerprint density at radius 3 is 2.75 bits per heavy atom. The van der Waals surface area contributed by atoms with Crippen molar-refractivity contribution < 1.29 is 4.92 Å². The largest absolute Gasteiger partial charge is 0.356 e. The number of hydrogen-bond acceptors (Lipinski definition) is 4. The molecule has 1 aromatic carbocycles. The van der Waals surface area contributed by atoms with Crippen molar-refractivity contribution in [1.82, 2.24) is 10.6 Å². The maximum Gasteiger partial charge on any atom is 0.269 e. The number of nitrogens with one attached hydrogen (secondary N) is 2. The molecule has 1 heterocycles. The van der Waals surface area contributed by atoms with Gasteiger partial charge in [0.1, 0.15) is 0 Å². The summed E-state index contributed by atoms with van der Waals surface area (Å²) in [7, 11) is 1.71. The summed E-state index contributed by atoms with van der Waals surface area (Å²) in [5, 5.41) is 19.3. The average Bonchev–Trinajstić information content (AvgIpc) is 3.09. The van der Waals surface area contributed by atoms with Crippen molar-refractivity contribution in [3.8, 4) is 0 Å². The van der Waals surface area contributed by atoms with E-state index in [-0.39, 0.29) is 34.6 Å². The van der Waals surface area contributed by atoms with E-state index in [2.05, 4.69) is 34.0 Å². The van der Waals surface area contributed by atoms with Gasteiger partial charge < -0.3 is 10.6 Å². The first-order chi connectivity index (χ1) is 11.1.